The Balaban J connectivity index is 4.49. The SMILES string of the molecule is O=S(=O)([O-])C(F)(F)C(F)(F)C(F)CCCCCC(F)(F)F. The molecule has 1 atom stereocenters. The Hall–Kier alpha value is -0.650. The minimum absolute atomic E-state index is 0.369. The Morgan fingerprint density at radius 2 is 1.38 bits per heavy atom. The summed E-state index contributed by atoms with van der Waals surface area (Å²) in [5.41, 5.74) is 0. The van der Waals surface area contributed by atoms with E-state index in [1.165, 1.54) is 0 Å². The van der Waals surface area contributed by atoms with Gasteiger partial charge in [-0.1, -0.05) is 12.8 Å². The van der Waals surface area contributed by atoms with E-state index in [0.29, 0.717) is 0 Å². The second-order valence-corrected chi connectivity index (χ2v) is 5.70. The molecule has 0 aromatic rings. The van der Waals surface area contributed by atoms with Crippen LogP contribution in [-0.4, -0.2) is 36.5 Å². The summed E-state index contributed by atoms with van der Waals surface area (Å²) in [6.07, 6.45) is -12.2. The van der Waals surface area contributed by atoms with Crippen LogP contribution in [0.15, 0.2) is 0 Å². The maximum atomic E-state index is 13.0. The zero-order valence-corrected chi connectivity index (χ0v) is 11.1. The molecule has 0 aromatic heterocycles. The highest BCUT2D eigenvalue weighted by Gasteiger charge is 2.66. The number of hydrogen-bond acceptors (Lipinski definition) is 3. The smallest absolute Gasteiger partial charge is 0.399 e. The molecule has 0 fully saturated rings. The molecule has 0 saturated heterocycles. The molecule has 0 aromatic carbocycles. The highest BCUT2D eigenvalue weighted by Crippen LogP contribution is 2.43. The molecule has 0 spiro atoms. The van der Waals surface area contributed by atoms with Crippen LogP contribution in [-0.2, 0) is 10.1 Å². The van der Waals surface area contributed by atoms with Crippen molar-refractivity contribution in [2.24, 2.45) is 0 Å². The van der Waals surface area contributed by atoms with Crippen LogP contribution < -0.4 is 0 Å². The predicted octanol–water partition coefficient (Wildman–Crippen LogP) is 3.61. The fourth-order valence-electron chi connectivity index (χ4n) is 1.36. The van der Waals surface area contributed by atoms with Gasteiger partial charge in [-0.25, -0.2) is 12.8 Å². The van der Waals surface area contributed by atoms with Crippen LogP contribution in [0, 0.1) is 0 Å². The third-order valence-corrected chi connectivity index (χ3v) is 3.41. The highest BCUT2D eigenvalue weighted by molar-refractivity contribution is 7.86. The van der Waals surface area contributed by atoms with Crippen molar-refractivity contribution in [1.29, 1.82) is 0 Å². The van der Waals surface area contributed by atoms with Crippen molar-refractivity contribution in [3.8, 4) is 0 Å². The average Bonchev–Trinajstić information content (AvgIpc) is 2.24. The van der Waals surface area contributed by atoms with Gasteiger partial charge in [-0.15, -0.1) is 0 Å². The van der Waals surface area contributed by atoms with Gasteiger partial charge in [0.2, 0.25) is 0 Å². The van der Waals surface area contributed by atoms with Gasteiger partial charge in [0.1, 0.15) is 0 Å². The fourth-order valence-corrected chi connectivity index (χ4v) is 1.82. The van der Waals surface area contributed by atoms with Crippen molar-refractivity contribution in [2.75, 3.05) is 0 Å². The van der Waals surface area contributed by atoms with Gasteiger partial charge in [-0.3, -0.25) is 0 Å². The molecule has 12 heteroatoms. The Morgan fingerprint density at radius 3 is 1.76 bits per heavy atom. The van der Waals surface area contributed by atoms with Gasteiger partial charge in [-0.2, -0.15) is 30.7 Å². The van der Waals surface area contributed by atoms with Gasteiger partial charge in [0.05, 0.1) is 0 Å². The van der Waals surface area contributed by atoms with Crippen LogP contribution in [0.1, 0.15) is 32.1 Å². The monoisotopic (exact) mass is 351 g/mol. The Morgan fingerprint density at radius 1 is 0.905 bits per heavy atom. The van der Waals surface area contributed by atoms with Gasteiger partial charge in [0, 0.05) is 6.42 Å². The molecular formula is C9H11F8O3S-. The van der Waals surface area contributed by atoms with E-state index in [0.717, 1.165) is 0 Å². The lowest BCUT2D eigenvalue weighted by Gasteiger charge is -2.30. The first-order valence-electron chi connectivity index (χ1n) is 5.55. The third-order valence-electron chi connectivity index (χ3n) is 2.51. The van der Waals surface area contributed by atoms with E-state index >= 15 is 0 Å². The molecular weight excluding hydrogens is 340 g/mol. The summed E-state index contributed by atoms with van der Waals surface area (Å²) in [4.78, 5) is 0. The molecule has 3 nitrogen and oxygen atoms in total. The van der Waals surface area contributed by atoms with Gasteiger partial charge < -0.3 is 4.55 Å². The van der Waals surface area contributed by atoms with Gasteiger partial charge in [-0.05, 0) is 12.8 Å². The van der Waals surface area contributed by atoms with Crippen LogP contribution in [0.4, 0.5) is 35.1 Å². The quantitative estimate of drug-likeness (QED) is 0.381. The largest absolute Gasteiger partial charge is 0.743 e. The number of alkyl halides is 8. The average molecular weight is 351 g/mol. The van der Waals surface area contributed by atoms with E-state index < -0.39 is 59.3 Å². The summed E-state index contributed by atoms with van der Waals surface area (Å²) in [5, 5.41) is -6.13. The van der Waals surface area contributed by atoms with Crippen LogP contribution in [0.5, 0.6) is 0 Å². The molecule has 0 N–H and O–H groups in total. The van der Waals surface area contributed by atoms with Crippen molar-refractivity contribution in [2.45, 2.75) is 55.6 Å². The molecule has 0 saturated carbocycles. The Labute approximate surface area is 115 Å². The van der Waals surface area contributed by atoms with E-state index in [-0.39, 0.29) is 6.42 Å². The molecule has 1 unspecified atom stereocenters. The van der Waals surface area contributed by atoms with Gasteiger partial charge in [0.25, 0.3) is 0 Å². The number of hydrogen-bond donors (Lipinski definition) is 0. The molecule has 0 amide bonds. The minimum atomic E-state index is -6.78. The van der Waals surface area contributed by atoms with Gasteiger partial charge in [0.15, 0.2) is 16.3 Å². The third kappa shape index (κ3) is 5.57. The van der Waals surface area contributed by atoms with E-state index in [4.69, 9.17) is 0 Å². The first-order chi connectivity index (χ1) is 9.13. The topological polar surface area (TPSA) is 57.2 Å². The van der Waals surface area contributed by atoms with Gasteiger partial charge >= 0.3 is 17.4 Å². The summed E-state index contributed by atoms with van der Waals surface area (Å²) < 4.78 is 129. The second-order valence-electron chi connectivity index (χ2n) is 4.28. The molecule has 0 aliphatic rings. The number of halogens is 8. The molecule has 0 heterocycles. The van der Waals surface area contributed by atoms with Crippen molar-refractivity contribution in [3.05, 3.63) is 0 Å². The second kappa shape index (κ2) is 6.63. The first-order valence-corrected chi connectivity index (χ1v) is 6.95. The zero-order chi connectivity index (χ0) is 17.1. The fraction of sp³-hybridized carbons (Fsp3) is 1.00. The summed E-state index contributed by atoms with van der Waals surface area (Å²) in [5.74, 6) is -5.75. The van der Waals surface area contributed by atoms with Crippen LogP contribution >= 0.6 is 0 Å². The van der Waals surface area contributed by atoms with E-state index in [2.05, 4.69) is 0 Å². The van der Waals surface area contributed by atoms with E-state index in [1.807, 2.05) is 0 Å². The molecule has 0 aliphatic heterocycles. The molecule has 0 aliphatic carbocycles. The number of rotatable bonds is 8. The maximum absolute atomic E-state index is 13.0. The van der Waals surface area contributed by atoms with Crippen LogP contribution in [0.3, 0.4) is 0 Å². The first kappa shape index (κ1) is 20.3. The summed E-state index contributed by atoms with van der Waals surface area (Å²) in [7, 11) is -6.78. The number of unbranched alkanes of at least 4 members (excludes halogenated alkanes) is 2. The van der Waals surface area contributed by atoms with Crippen LogP contribution in [0.25, 0.3) is 0 Å². The van der Waals surface area contributed by atoms with Crippen LogP contribution in [0.2, 0.25) is 0 Å². The molecule has 0 bridgehead atoms. The minimum Gasteiger partial charge on any atom is -0.743 e. The molecule has 128 valence electrons. The Bertz CT molecular complexity index is 431. The standard InChI is InChI=1S/C9H12F8O3S/c10-6(4-2-1-3-5-7(11,12)13)8(14,15)9(16,17)21(18,19)20/h6H,1-5H2,(H,18,19,20)/p-1. The summed E-state index contributed by atoms with van der Waals surface area (Å²) in [6, 6.07) is 0. The van der Waals surface area contributed by atoms with Crippen molar-refractivity contribution in [3.63, 3.8) is 0 Å². The normalized spacial score (nSPS) is 16.0. The summed E-state index contributed by atoms with van der Waals surface area (Å²) in [6.45, 7) is 0. The molecule has 0 rings (SSSR count). The van der Waals surface area contributed by atoms with E-state index in [9.17, 15) is 48.1 Å². The lowest BCUT2D eigenvalue weighted by molar-refractivity contribution is -0.198. The van der Waals surface area contributed by atoms with Crippen molar-refractivity contribution in [1.82, 2.24) is 0 Å². The Kier molecular flexibility index (Phi) is 6.42. The molecule has 0 radical (unpaired) electrons. The van der Waals surface area contributed by atoms with Crippen molar-refractivity contribution < 1.29 is 48.1 Å². The maximum Gasteiger partial charge on any atom is 0.399 e. The predicted molar refractivity (Wildman–Crippen MR) is 53.6 cm³/mol. The van der Waals surface area contributed by atoms with Crippen molar-refractivity contribution >= 4 is 10.1 Å². The molecule has 21 heavy (non-hydrogen) atoms. The highest BCUT2D eigenvalue weighted by atomic mass is 32.2. The summed E-state index contributed by atoms with van der Waals surface area (Å²) >= 11 is 0. The lowest BCUT2D eigenvalue weighted by atomic mass is 10.1. The van der Waals surface area contributed by atoms with E-state index in [1.54, 1.807) is 0 Å². The zero-order valence-electron chi connectivity index (χ0n) is 10.3. The lowest BCUT2D eigenvalue weighted by Crippen LogP contribution is -2.52.